The zero-order valence-corrected chi connectivity index (χ0v) is 11.9. The molecule has 1 unspecified atom stereocenters. The van der Waals surface area contributed by atoms with E-state index < -0.39 is 0 Å². The van der Waals surface area contributed by atoms with Crippen molar-refractivity contribution in [1.82, 2.24) is 5.32 Å². The number of hydrogen-bond acceptors (Lipinski definition) is 4. The zero-order valence-electron chi connectivity index (χ0n) is 11.9. The van der Waals surface area contributed by atoms with Gasteiger partial charge in [-0.2, -0.15) is 0 Å². The maximum Gasteiger partial charge on any atom is 0.175 e. The largest absolute Gasteiger partial charge is 0.354 e. The molecular weight excluding hydrogens is 228 g/mol. The molecule has 4 nitrogen and oxygen atoms in total. The second-order valence-corrected chi connectivity index (χ2v) is 6.14. The molecule has 2 aliphatic rings. The van der Waals surface area contributed by atoms with E-state index in [4.69, 9.17) is 15.2 Å². The van der Waals surface area contributed by atoms with Crippen molar-refractivity contribution in [3.63, 3.8) is 0 Å². The molecular formula is C14H28N2O2. The summed E-state index contributed by atoms with van der Waals surface area (Å²) < 4.78 is 10.8. The van der Waals surface area contributed by atoms with Gasteiger partial charge in [-0.1, -0.05) is 0 Å². The fraction of sp³-hybridized carbons (Fsp3) is 1.00. The Hall–Kier alpha value is -0.160. The summed E-state index contributed by atoms with van der Waals surface area (Å²) in [5.74, 6) is 2.75. The lowest BCUT2D eigenvalue weighted by atomic mass is 9.94. The van der Waals surface area contributed by atoms with E-state index in [-0.39, 0.29) is 11.8 Å². The third-order valence-electron chi connectivity index (χ3n) is 4.57. The first kappa shape index (κ1) is 14.3. The summed E-state index contributed by atoms with van der Waals surface area (Å²) in [5, 5.41) is 3.62. The van der Waals surface area contributed by atoms with Crippen LogP contribution in [0.2, 0.25) is 0 Å². The number of ether oxygens (including phenoxy) is 2. The molecule has 0 saturated heterocycles. The van der Waals surface area contributed by atoms with Crippen LogP contribution in [0.25, 0.3) is 0 Å². The Bertz CT molecular complexity index is 251. The van der Waals surface area contributed by atoms with E-state index in [0.717, 1.165) is 24.3 Å². The Labute approximate surface area is 111 Å². The summed E-state index contributed by atoms with van der Waals surface area (Å²) in [6.07, 6.45) is 5.38. The minimum atomic E-state index is -0.300. The first-order valence-corrected chi connectivity index (χ1v) is 7.15. The lowest BCUT2D eigenvalue weighted by molar-refractivity contribution is -0.149. The van der Waals surface area contributed by atoms with Gasteiger partial charge in [-0.15, -0.1) is 0 Å². The molecule has 0 heterocycles. The number of rotatable bonds is 9. The van der Waals surface area contributed by atoms with Crippen LogP contribution in [0.1, 0.15) is 32.6 Å². The molecule has 18 heavy (non-hydrogen) atoms. The molecule has 4 heteroatoms. The van der Waals surface area contributed by atoms with E-state index >= 15 is 0 Å². The van der Waals surface area contributed by atoms with Crippen molar-refractivity contribution in [2.24, 2.45) is 23.5 Å². The zero-order chi connectivity index (χ0) is 13.2. The van der Waals surface area contributed by atoms with Crippen LogP contribution in [0.4, 0.5) is 0 Å². The highest BCUT2D eigenvalue weighted by Gasteiger charge is 2.43. The van der Waals surface area contributed by atoms with Crippen molar-refractivity contribution in [1.29, 1.82) is 0 Å². The standard InChI is InChI=1S/C14H28N2O2/c1-14(9-15,13(17-2)18-3)16-8-12(10-4-5-10)11-6-7-11/h10-13,16H,4-9,15H2,1-3H3. The Balaban J connectivity index is 1.88. The molecule has 0 aromatic rings. The Morgan fingerprint density at radius 1 is 1.17 bits per heavy atom. The topological polar surface area (TPSA) is 56.5 Å². The Kier molecular flexibility index (Phi) is 4.64. The summed E-state index contributed by atoms with van der Waals surface area (Å²) in [6.45, 7) is 3.65. The molecule has 2 fully saturated rings. The molecule has 3 N–H and O–H groups in total. The van der Waals surface area contributed by atoms with Crippen molar-refractivity contribution in [3.05, 3.63) is 0 Å². The van der Waals surface area contributed by atoms with Gasteiger partial charge < -0.3 is 20.5 Å². The summed E-state index contributed by atoms with van der Waals surface area (Å²) in [6, 6.07) is 0. The first-order chi connectivity index (χ1) is 8.64. The summed E-state index contributed by atoms with van der Waals surface area (Å²) >= 11 is 0. The van der Waals surface area contributed by atoms with Gasteiger partial charge in [0.2, 0.25) is 0 Å². The number of nitrogens with one attached hydrogen (secondary N) is 1. The predicted molar refractivity (Wildman–Crippen MR) is 72.2 cm³/mol. The first-order valence-electron chi connectivity index (χ1n) is 7.15. The van der Waals surface area contributed by atoms with Gasteiger partial charge in [0.15, 0.2) is 6.29 Å². The van der Waals surface area contributed by atoms with Crippen LogP contribution in [0.5, 0.6) is 0 Å². The second kappa shape index (κ2) is 5.87. The molecule has 2 saturated carbocycles. The molecule has 0 aromatic carbocycles. The third-order valence-corrected chi connectivity index (χ3v) is 4.57. The van der Waals surface area contributed by atoms with E-state index in [2.05, 4.69) is 12.2 Å². The molecule has 0 amide bonds. The summed E-state index contributed by atoms with van der Waals surface area (Å²) in [4.78, 5) is 0. The number of hydrogen-bond donors (Lipinski definition) is 2. The Morgan fingerprint density at radius 2 is 1.67 bits per heavy atom. The van der Waals surface area contributed by atoms with Gasteiger partial charge in [0.25, 0.3) is 0 Å². The van der Waals surface area contributed by atoms with Crippen LogP contribution >= 0.6 is 0 Å². The van der Waals surface area contributed by atoms with Crippen LogP contribution in [0.3, 0.4) is 0 Å². The van der Waals surface area contributed by atoms with Crippen LogP contribution in [-0.2, 0) is 9.47 Å². The molecule has 0 aromatic heterocycles. The lowest BCUT2D eigenvalue weighted by Gasteiger charge is -2.37. The highest BCUT2D eigenvalue weighted by molar-refractivity contribution is 4.96. The van der Waals surface area contributed by atoms with Gasteiger partial charge in [0, 0.05) is 20.8 Å². The quantitative estimate of drug-likeness (QED) is 0.611. The van der Waals surface area contributed by atoms with E-state index in [9.17, 15) is 0 Å². The highest BCUT2D eigenvalue weighted by atomic mass is 16.7. The second-order valence-electron chi connectivity index (χ2n) is 6.14. The molecule has 0 aliphatic heterocycles. The monoisotopic (exact) mass is 256 g/mol. The van der Waals surface area contributed by atoms with Gasteiger partial charge in [-0.3, -0.25) is 0 Å². The lowest BCUT2D eigenvalue weighted by Crippen LogP contribution is -2.59. The number of methoxy groups -OCH3 is 2. The molecule has 106 valence electrons. The maximum atomic E-state index is 5.91. The van der Waals surface area contributed by atoms with Crippen molar-refractivity contribution >= 4 is 0 Å². The normalized spacial score (nSPS) is 23.7. The summed E-state index contributed by atoms with van der Waals surface area (Å²) in [5.41, 5.74) is 5.61. The van der Waals surface area contributed by atoms with Crippen molar-refractivity contribution in [2.45, 2.75) is 44.4 Å². The average Bonchev–Trinajstić information content (AvgIpc) is 3.24. The summed E-state index contributed by atoms with van der Waals surface area (Å²) in [7, 11) is 3.34. The van der Waals surface area contributed by atoms with Crippen molar-refractivity contribution < 1.29 is 9.47 Å². The SMILES string of the molecule is COC(OC)C(C)(CN)NCC(C1CC1)C1CC1. The van der Waals surface area contributed by atoms with Crippen molar-refractivity contribution in [3.8, 4) is 0 Å². The van der Waals surface area contributed by atoms with Crippen molar-refractivity contribution in [2.75, 3.05) is 27.3 Å². The van der Waals surface area contributed by atoms with E-state index in [1.54, 1.807) is 14.2 Å². The van der Waals surface area contributed by atoms with Crippen LogP contribution in [0.15, 0.2) is 0 Å². The average molecular weight is 256 g/mol. The fourth-order valence-electron chi connectivity index (χ4n) is 2.99. The molecule has 2 rings (SSSR count). The van der Waals surface area contributed by atoms with Gasteiger partial charge >= 0.3 is 0 Å². The molecule has 0 spiro atoms. The van der Waals surface area contributed by atoms with Crippen LogP contribution < -0.4 is 11.1 Å². The van der Waals surface area contributed by atoms with Gasteiger partial charge in [-0.25, -0.2) is 0 Å². The number of nitrogens with two attached hydrogens (primary N) is 1. The van der Waals surface area contributed by atoms with E-state index in [1.807, 2.05) is 0 Å². The molecule has 0 radical (unpaired) electrons. The van der Waals surface area contributed by atoms with E-state index in [1.165, 1.54) is 25.7 Å². The van der Waals surface area contributed by atoms with Crippen LogP contribution in [0, 0.1) is 17.8 Å². The molecule has 0 bridgehead atoms. The smallest absolute Gasteiger partial charge is 0.175 e. The fourth-order valence-corrected chi connectivity index (χ4v) is 2.99. The highest BCUT2D eigenvalue weighted by Crippen LogP contribution is 2.49. The Morgan fingerprint density at radius 3 is 2.00 bits per heavy atom. The predicted octanol–water partition coefficient (Wildman–Crippen LogP) is 1.35. The van der Waals surface area contributed by atoms with Gasteiger partial charge in [0.05, 0.1) is 5.54 Å². The molecule has 1 atom stereocenters. The van der Waals surface area contributed by atoms with Gasteiger partial charge in [-0.05, 0) is 56.9 Å². The minimum Gasteiger partial charge on any atom is -0.354 e. The van der Waals surface area contributed by atoms with Gasteiger partial charge in [0.1, 0.15) is 0 Å². The minimum absolute atomic E-state index is 0.290. The van der Waals surface area contributed by atoms with E-state index in [0.29, 0.717) is 6.54 Å². The maximum absolute atomic E-state index is 5.91. The molecule has 2 aliphatic carbocycles. The van der Waals surface area contributed by atoms with Crippen LogP contribution in [-0.4, -0.2) is 39.1 Å². The third kappa shape index (κ3) is 3.23.